The lowest BCUT2D eigenvalue weighted by Crippen LogP contribution is -2.36. The molecule has 16 heavy (non-hydrogen) atoms. The van der Waals surface area contributed by atoms with Gasteiger partial charge in [-0.2, -0.15) is 0 Å². The highest BCUT2D eigenvalue weighted by atomic mass is 35.5. The van der Waals surface area contributed by atoms with Gasteiger partial charge >= 0.3 is 0 Å². The molecule has 1 fully saturated rings. The zero-order valence-electron chi connectivity index (χ0n) is 9.69. The molecule has 0 spiro atoms. The summed E-state index contributed by atoms with van der Waals surface area (Å²) in [5.41, 5.74) is 1.000. The topological polar surface area (TPSA) is 29.0 Å². The van der Waals surface area contributed by atoms with Gasteiger partial charge in [-0.05, 0) is 19.8 Å². The fourth-order valence-corrected chi connectivity index (χ4v) is 2.63. The molecule has 0 bridgehead atoms. The van der Waals surface area contributed by atoms with E-state index in [1.165, 1.54) is 25.7 Å². The minimum absolute atomic E-state index is 0.606. The van der Waals surface area contributed by atoms with Crippen molar-refractivity contribution in [2.75, 3.05) is 17.3 Å². The van der Waals surface area contributed by atoms with Crippen LogP contribution in [-0.2, 0) is 0 Å². The van der Waals surface area contributed by atoms with E-state index in [4.69, 9.17) is 11.6 Å². The molecule has 0 radical (unpaired) electrons. The molecule has 1 aliphatic rings. The summed E-state index contributed by atoms with van der Waals surface area (Å²) in [5.74, 6) is 1.65. The molecule has 1 saturated carbocycles. The number of halogens is 1. The molecule has 0 amide bonds. The van der Waals surface area contributed by atoms with E-state index < -0.39 is 0 Å². The van der Waals surface area contributed by atoms with Gasteiger partial charge in [-0.25, -0.2) is 4.98 Å². The molecule has 4 heteroatoms. The summed E-state index contributed by atoms with van der Waals surface area (Å²) in [6, 6.07) is 0.606. The maximum absolute atomic E-state index is 5.89. The summed E-state index contributed by atoms with van der Waals surface area (Å²) in [6.07, 6.45) is 8.66. The normalized spacial score (nSPS) is 16.6. The standard InChI is InChI=1S/C12H18ClN3/c1-10-12(15-8-7-14-10)16(9-6-13)11-4-2-3-5-11/h7-8,11H,2-6,9H2,1H3. The Morgan fingerprint density at radius 3 is 2.62 bits per heavy atom. The minimum Gasteiger partial charge on any atom is -0.351 e. The van der Waals surface area contributed by atoms with Crippen molar-refractivity contribution < 1.29 is 0 Å². The smallest absolute Gasteiger partial charge is 0.150 e. The van der Waals surface area contributed by atoms with E-state index in [1.807, 2.05) is 6.92 Å². The first-order valence-corrected chi connectivity index (χ1v) is 6.46. The van der Waals surface area contributed by atoms with Crippen molar-refractivity contribution in [3.05, 3.63) is 18.1 Å². The summed E-state index contributed by atoms with van der Waals surface area (Å²) in [5, 5.41) is 0. The number of nitrogens with zero attached hydrogens (tertiary/aromatic N) is 3. The van der Waals surface area contributed by atoms with E-state index in [9.17, 15) is 0 Å². The zero-order valence-corrected chi connectivity index (χ0v) is 10.5. The molecular weight excluding hydrogens is 222 g/mol. The minimum atomic E-state index is 0.606. The van der Waals surface area contributed by atoms with E-state index in [-0.39, 0.29) is 0 Å². The lowest BCUT2D eigenvalue weighted by Gasteiger charge is -2.30. The van der Waals surface area contributed by atoms with Crippen LogP contribution in [0.5, 0.6) is 0 Å². The molecule has 0 N–H and O–H groups in total. The number of anilines is 1. The second kappa shape index (κ2) is 5.48. The maximum Gasteiger partial charge on any atom is 0.150 e. The summed E-state index contributed by atoms with van der Waals surface area (Å²) < 4.78 is 0. The first-order chi connectivity index (χ1) is 7.83. The molecule has 0 aliphatic heterocycles. The number of rotatable bonds is 4. The van der Waals surface area contributed by atoms with Gasteiger partial charge in [-0.15, -0.1) is 11.6 Å². The van der Waals surface area contributed by atoms with Crippen LogP contribution in [0.2, 0.25) is 0 Å². The van der Waals surface area contributed by atoms with Crippen LogP contribution in [0.1, 0.15) is 31.4 Å². The van der Waals surface area contributed by atoms with E-state index in [2.05, 4.69) is 14.9 Å². The number of aryl methyl sites for hydroxylation is 1. The van der Waals surface area contributed by atoms with E-state index in [0.29, 0.717) is 11.9 Å². The van der Waals surface area contributed by atoms with Gasteiger partial charge in [0.25, 0.3) is 0 Å². The van der Waals surface area contributed by atoms with Crippen molar-refractivity contribution in [3.8, 4) is 0 Å². The Kier molecular flexibility index (Phi) is 3.99. The molecule has 0 saturated heterocycles. The van der Waals surface area contributed by atoms with E-state index in [0.717, 1.165) is 18.1 Å². The van der Waals surface area contributed by atoms with Crippen LogP contribution in [0, 0.1) is 6.92 Å². The van der Waals surface area contributed by atoms with Gasteiger partial charge in [-0.3, -0.25) is 4.98 Å². The predicted molar refractivity (Wildman–Crippen MR) is 67.1 cm³/mol. The lowest BCUT2D eigenvalue weighted by atomic mass is 10.2. The fraction of sp³-hybridized carbons (Fsp3) is 0.667. The molecular formula is C12H18ClN3. The molecule has 1 heterocycles. The van der Waals surface area contributed by atoms with Gasteiger partial charge in [0.1, 0.15) is 5.82 Å². The quantitative estimate of drug-likeness (QED) is 0.757. The Balaban J connectivity index is 2.21. The third-order valence-corrected chi connectivity index (χ3v) is 3.39. The zero-order chi connectivity index (χ0) is 11.4. The van der Waals surface area contributed by atoms with Gasteiger partial charge in [0.2, 0.25) is 0 Å². The number of hydrogen-bond donors (Lipinski definition) is 0. The molecule has 1 aromatic heterocycles. The lowest BCUT2D eigenvalue weighted by molar-refractivity contribution is 0.611. The fourth-order valence-electron chi connectivity index (χ4n) is 2.45. The highest BCUT2D eigenvalue weighted by Gasteiger charge is 2.24. The summed E-state index contributed by atoms with van der Waals surface area (Å²) in [7, 11) is 0. The molecule has 1 aliphatic carbocycles. The highest BCUT2D eigenvalue weighted by Crippen LogP contribution is 2.27. The monoisotopic (exact) mass is 239 g/mol. The van der Waals surface area contributed by atoms with Gasteiger partial charge in [-0.1, -0.05) is 12.8 Å². The first kappa shape index (κ1) is 11.6. The van der Waals surface area contributed by atoms with Crippen LogP contribution in [0.15, 0.2) is 12.4 Å². The molecule has 3 nitrogen and oxygen atoms in total. The highest BCUT2D eigenvalue weighted by molar-refractivity contribution is 6.18. The molecule has 0 aromatic carbocycles. The number of aromatic nitrogens is 2. The first-order valence-electron chi connectivity index (χ1n) is 5.93. The Bertz CT molecular complexity index is 337. The number of hydrogen-bond acceptors (Lipinski definition) is 3. The SMILES string of the molecule is Cc1nccnc1N(CCCl)C1CCCC1. The Hall–Kier alpha value is -0.830. The molecule has 0 atom stereocenters. The second-order valence-electron chi connectivity index (χ2n) is 4.29. The van der Waals surface area contributed by atoms with E-state index in [1.54, 1.807) is 12.4 Å². The molecule has 0 unspecified atom stereocenters. The van der Waals surface area contributed by atoms with Crippen molar-refractivity contribution >= 4 is 17.4 Å². The van der Waals surface area contributed by atoms with Crippen molar-refractivity contribution in [1.82, 2.24) is 9.97 Å². The largest absolute Gasteiger partial charge is 0.351 e. The average molecular weight is 240 g/mol. The molecule has 2 rings (SSSR count). The van der Waals surface area contributed by atoms with E-state index >= 15 is 0 Å². The van der Waals surface area contributed by atoms with Crippen LogP contribution in [0.25, 0.3) is 0 Å². The van der Waals surface area contributed by atoms with Crippen LogP contribution in [0.3, 0.4) is 0 Å². The third-order valence-electron chi connectivity index (χ3n) is 3.22. The molecule has 1 aromatic rings. The average Bonchev–Trinajstić information content (AvgIpc) is 2.80. The Morgan fingerprint density at radius 1 is 1.31 bits per heavy atom. The van der Waals surface area contributed by atoms with Crippen LogP contribution < -0.4 is 4.90 Å². The van der Waals surface area contributed by atoms with Gasteiger partial charge in [0.05, 0.1) is 5.69 Å². The predicted octanol–water partition coefficient (Wildman–Crippen LogP) is 2.77. The Morgan fingerprint density at radius 2 is 2.00 bits per heavy atom. The van der Waals surface area contributed by atoms with Gasteiger partial charge in [0, 0.05) is 30.9 Å². The van der Waals surface area contributed by atoms with Crippen molar-refractivity contribution in [1.29, 1.82) is 0 Å². The third kappa shape index (κ3) is 2.46. The Labute approximate surface area is 102 Å². The van der Waals surface area contributed by atoms with Crippen molar-refractivity contribution in [2.24, 2.45) is 0 Å². The summed E-state index contributed by atoms with van der Waals surface area (Å²) in [4.78, 5) is 11.1. The summed E-state index contributed by atoms with van der Waals surface area (Å²) >= 11 is 5.89. The number of alkyl halides is 1. The van der Waals surface area contributed by atoms with Gasteiger partial charge < -0.3 is 4.90 Å². The van der Waals surface area contributed by atoms with Crippen LogP contribution >= 0.6 is 11.6 Å². The molecule has 88 valence electrons. The van der Waals surface area contributed by atoms with Crippen molar-refractivity contribution in [2.45, 2.75) is 38.6 Å². The second-order valence-corrected chi connectivity index (χ2v) is 4.66. The maximum atomic E-state index is 5.89. The van der Waals surface area contributed by atoms with Gasteiger partial charge in [0.15, 0.2) is 0 Å². The summed E-state index contributed by atoms with van der Waals surface area (Å²) in [6.45, 7) is 2.88. The van der Waals surface area contributed by atoms with Crippen LogP contribution in [0.4, 0.5) is 5.82 Å². The van der Waals surface area contributed by atoms with Crippen LogP contribution in [-0.4, -0.2) is 28.4 Å². The van der Waals surface area contributed by atoms with Crippen molar-refractivity contribution in [3.63, 3.8) is 0 Å².